The average molecular weight is 248 g/mol. The average Bonchev–Trinajstić information content (AvgIpc) is 2.07. The molecule has 0 radical (unpaired) electrons. The van der Waals surface area contributed by atoms with Gasteiger partial charge in [-0.2, -0.15) is 11.8 Å². The molecule has 0 bridgehead atoms. The highest BCUT2D eigenvalue weighted by atomic mass is 79.9. The number of hydrogen-bond donors (Lipinski definition) is 0. The van der Waals surface area contributed by atoms with E-state index in [-0.39, 0.29) is 17.0 Å². The van der Waals surface area contributed by atoms with E-state index >= 15 is 0 Å². The third-order valence-corrected chi connectivity index (χ3v) is 2.24. The zero-order valence-corrected chi connectivity index (χ0v) is 9.64. The monoisotopic (exact) mass is 247 g/mol. The second-order valence-electron chi connectivity index (χ2n) is 2.46. The van der Waals surface area contributed by atoms with E-state index in [0.717, 1.165) is 6.54 Å². The van der Waals surface area contributed by atoms with Gasteiger partial charge in [0.25, 0.3) is 0 Å². The van der Waals surface area contributed by atoms with Gasteiger partial charge in [0, 0.05) is 18.6 Å². The lowest BCUT2D eigenvalue weighted by molar-refractivity contribution is -0.696. The minimum absolute atomic E-state index is 0. The number of halogens is 1. The lowest BCUT2D eigenvalue weighted by Crippen LogP contribution is -3.00. The van der Waals surface area contributed by atoms with Crippen LogP contribution in [0, 0.1) is 0 Å². The van der Waals surface area contributed by atoms with Crippen LogP contribution in [0.5, 0.6) is 0 Å². The molecule has 0 saturated heterocycles. The van der Waals surface area contributed by atoms with Gasteiger partial charge in [0.15, 0.2) is 12.4 Å². The van der Waals surface area contributed by atoms with Crippen LogP contribution >= 0.6 is 11.8 Å². The van der Waals surface area contributed by atoms with Gasteiger partial charge >= 0.3 is 0 Å². The molecule has 0 N–H and O–H groups in total. The molecule has 0 aromatic carbocycles. The van der Waals surface area contributed by atoms with E-state index in [1.54, 1.807) is 0 Å². The maximum atomic E-state index is 2.22. The predicted octanol–water partition coefficient (Wildman–Crippen LogP) is -1.27. The van der Waals surface area contributed by atoms with Gasteiger partial charge < -0.3 is 17.0 Å². The molecule has 0 fully saturated rings. The maximum absolute atomic E-state index is 2.22. The van der Waals surface area contributed by atoms with E-state index in [1.165, 1.54) is 12.2 Å². The standard InChI is InChI=1S/C9H14NS.BrH/c1-11-9-5-8-10-6-3-2-4-7-10;/h2-4,6-7H,5,8-9H2,1H3;1H/q+1;/p-1. The van der Waals surface area contributed by atoms with Gasteiger partial charge in [-0.3, -0.25) is 0 Å². The number of pyridine rings is 1. The summed E-state index contributed by atoms with van der Waals surface area (Å²) < 4.78 is 2.22. The van der Waals surface area contributed by atoms with Crippen LogP contribution < -0.4 is 21.5 Å². The minimum atomic E-state index is 0. The van der Waals surface area contributed by atoms with Gasteiger partial charge in [0.2, 0.25) is 0 Å². The van der Waals surface area contributed by atoms with Gasteiger partial charge in [-0.05, 0) is 12.0 Å². The van der Waals surface area contributed by atoms with Crippen molar-refractivity contribution in [1.29, 1.82) is 0 Å². The molecule has 0 atom stereocenters. The van der Waals surface area contributed by atoms with E-state index in [0.29, 0.717) is 0 Å². The van der Waals surface area contributed by atoms with Crippen molar-refractivity contribution in [1.82, 2.24) is 0 Å². The van der Waals surface area contributed by atoms with Crippen molar-refractivity contribution in [3.8, 4) is 0 Å². The summed E-state index contributed by atoms with van der Waals surface area (Å²) in [6.45, 7) is 1.14. The Morgan fingerprint density at radius 2 is 1.83 bits per heavy atom. The number of thioether (sulfide) groups is 1. The quantitative estimate of drug-likeness (QED) is 0.475. The molecular formula is C9H14BrNS. The van der Waals surface area contributed by atoms with Gasteiger partial charge in [-0.25, -0.2) is 4.57 Å². The zero-order valence-electron chi connectivity index (χ0n) is 7.24. The number of rotatable bonds is 4. The number of aryl methyl sites for hydroxylation is 1. The van der Waals surface area contributed by atoms with Crippen LogP contribution in [0.4, 0.5) is 0 Å². The Kier molecular flexibility index (Phi) is 7.61. The van der Waals surface area contributed by atoms with Crippen molar-refractivity contribution in [3.63, 3.8) is 0 Å². The highest BCUT2D eigenvalue weighted by Gasteiger charge is 1.95. The second kappa shape index (κ2) is 7.62. The molecule has 1 aromatic rings. The molecule has 0 saturated carbocycles. The van der Waals surface area contributed by atoms with Crippen molar-refractivity contribution in [2.45, 2.75) is 13.0 Å². The Hall–Kier alpha value is -0.0200. The van der Waals surface area contributed by atoms with Crippen molar-refractivity contribution in [3.05, 3.63) is 30.6 Å². The Morgan fingerprint density at radius 1 is 1.17 bits per heavy atom. The summed E-state index contributed by atoms with van der Waals surface area (Å²) >= 11 is 1.91. The van der Waals surface area contributed by atoms with E-state index < -0.39 is 0 Å². The minimum Gasteiger partial charge on any atom is -1.00 e. The van der Waals surface area contributed by atoms with Crippen LogP contribution in [0.25, 0.3) is 0 Å². The molecule has 0 aliphatic heterocycles. The number of nitrogens with zero attached hydrogens (tertiary/aromatic N) is 1. The second-order valence-corrected chi connectivity index (χ2v) is 3.45. The third kappa shape index (κ3) is 4.78. The molecule has 1 aromatic heterocycles. The molecule has 12 heavy (non-hydrogen) atoms. The number of aromatic nitrogens is 1. The zero-order chi connectivity index (χ0) is 7.94. The lowest BCUT2D eigenvalue weighted by Gasteiger charge is -1.93. The van der Waals surface area contributed by atoms with Gasteiger partial charge in [-0.15, -0.1) is 0 Å². The van der Waals surface area contributed by atoms with E-state index in [2.05, 4.69) is 35.3 Å². The molecule has 68 valence electrons. The fourth-order valence-corrected chi connectivity index (χ4v) is 1.39. The fraction of sp³-hybridized carbons (Fsp3) is 0.444. The molecule has 0 aliphatic carbocycles. The Balaban J connectivity index is 0.00000121. The highest BCUT2D eigenvalue weighted by molar-refractivity contribution is 7.98. The molecule has 1 nitrogen and oxygen atoms in total. The van der Waals surface area contributed by atoms with Gasteiger partial charge in [-0.1, -0.05) is 6.07 Å². The Bertz CT molecular complexity index is 191. The smallest absolute Gasteiger partial charge is 0.168 e. The molecule has 3 heteroatoms. The Morgan fingerprint density at radius 3 is 2.42 bits per heavy atom. The summed E-state index contributed by atoms with van der Waals surface area (Å²) in [6, 6.07) is 6.18. The summed E-state index contributed by atoms with van der Waals surface area (Å²) in [5.74, 6) is 1.25. The van der Waals surface area contributed by atoms with Crippen molar-refractivity contribution >= 4 is 11.8 Å². The van der Waals surface area contributed by atoms with E-state index in [9.17, 15) is 0 Å². The highest BCUT2D eigenvalue weighted by Crippen LogP contribution is 1.94. The van der Waals surface area contributed by atoms with Gasteiger partial charge in [0.1, 0.15) is 6.54 Å². The van der Waals surface area contributed by atoms with Crippen molar-refractivity contribution in [2.75, 3.05) is 12.0 Å². The van der Waals surface area contributed by atoms with Crippen molar-refractivity contribution < 1.29 is 21.5 Å². The first-order valence-electron chi connectivity index (χ1n) is 3.86. The van der Waals surface area contributed by atoms with Crippen LogP contribution in [0.1, 0.15) is 6.42 Å². The Labute approximate surface area is 89.0 Å². The molecule has 0 aliphatic rings. The first-order chi connectivity index (χ1) is 5.43. The summed E-state index contributed by atoms with van der Waals surface area (Å²) in [4.78, 5) is 0. The van der Waals surface area contributed by atoms with E-state index in [1.807, 2.05) is 17.8 Å². The van der Waals surface area contributed by atoms with Gasteiger partial charge in [0.05, 0.1) is 0 Å². The molecule has 1 heterocycles. The largest absolute Gasteiger partial charge is 1.00 e. The maximum Gasteiger partial charge on any atom is 0.168 e. The summed E-state index contributed by atoms with van der Waals surface area (Å²) in [6.07, 6.45) is 7.63. The molecule has 0 amide bonds. The van der Waals surface area contributed by atoms with Crippen LogP contribution in [0.3, 0.4) is 0 Å². The summed E-state index contributed by atoms with van der Waals surface area (Å²) in [5, 5.41) is 0. The van der Waals surface area contributed by atoms with Crippen LogP contribution in [-0.4, -0.2) is 12.0 Å². The summed E-state index contributed by atoms with van der Waals surface area (Å²) in [7, 11) is 0. The van der Waals surface area contributed by atoms with E-state index in [4.69, 9.17) is 0 Å². The predicted molar refractivity (Wildman–Crippen MR) is 49.6 cm³/mol. The first-order valence-corrected chi connectivity index (χ1v) is 5.26. The molecule has 0 unspecified atom stereocenters. The number of hydrogen-bond acceptors (Lipinski definition) is 1. The molecule has 0 spiro atoms. The lowest BCUT2D eigenvalue weighted by atomic mass is 10.4. The molecule has 1 rings (SSSR count). The third-order valence-electron chi connectivity index (χ3n) is 1.54. The topological polar surface area (TPSA) is 3.88 Å². The van der Waals surface area contributed by atoms with Crippen molar-refractivity contribution in [2.24, 2.45) is 0 Å². The summed E-state index contributed by atoms with van der Waals surface area (Å²) in [5.41, 5.74) is 0. The SMILES string of the molecule is CSCCC[n+]1ccccc1.[Br-]. The fourth-order valence-electron chi connectivity index (χ4n) is 0.975. The van der Waals surface area contributed by atoms with Crippen LogP contribution in [0.15, 0.2) is 30.6 Å². The van der Waals surface area contributed by atoms with Crippen LogP contribution in [-0.2, 0) is 6.54 Å². The van der Waals surface area contributed by atoms with Crippen LogP contribution in [0.2, 0.25) is 0 Å². The normalized spacial score (nSPS) is 9.08. The molecular weight excluding hydrogens is 234 g/mol. The first kappa shape index (κ1) is 12.0.